The zero-order chi connectivity index (χ0) is 36.1. The Kier molecular flexibility index (Phi) is 11.0. The van der Waals surface area contributed by atoms with Crippen LogP contribution < -0.4 is 16.0 Å². The van der Waals surface area contributed by atoms with Crippen molar-refractivity contribution >= 4 is 59.3 Å². The number of amides is 6. The molecule has 3 aliphatic heterocycles. The van der Waals surface area contributed by atoms with Gasteiger partial charge in [-0.1, -0.05) is 91.0 Å². The predicted octanol–water partition coefficient (Wildman–Crippen LogP) is 3.70. The second-order valence-electron chi connectivity index (χ2n) is 11.7. The van der Waals surface area contributed by atoms with Crippen LogP contribution in [0.3, 0.4) is 0 Å². The normalized spacial score (nSPS) is 19.4. The number of carbonyl (C=O) groups is 6. The van der Waals surface area contributed by atoms with Crippen molar-refractivity contribution in [1.82, 2.24) is 25.8 Å². The number of benzene rings is 3. The van der Waals surface area contributed by atoms with Crippen molar-refractivity contribution in [3.05, 3.63) is 119 Å². The molecule has 3 aromatic carbocycles. The molecule has 0 saturated carbocycles. The zero-order valence-corrected chi connectivity index (χ0v) is 29.3. The van der Waals surface area contributed by atoms with Crippen molar-refractivity contribution in [1.29, 1.82) is 0 Å². The monoisotopic (exact) mass is 729 g/mol. The number of nitrogens with one attached hydrogen (secondary N) is 3. The van der Waals surface area contributed by atoms with Crippen LogP contribution in [0.2, 0.25) is 0 Å². The molecule has 3 heterocycles. The molecule has 0 bridgehead atoms. The molecule has 2 fully saturated rings. The third kappa shape index (κ3) is 7.59. The van der Waals surface area contributed by atoms with Crippen molar-refractivity contribution in [3.63, 3.8) is 0 Å². The van der Waals surface area contributed by atoms with Crippen molar-refractivity contribution in [3.8, 4) is 0 Å². The Balaban J connectivity index is 1.28. The molecule has 6 rings (SSSR count). The van der Waals surface area contributed by atoms with E-state index in [1.807, 2.05) is 60.7 Å². The van der Waals surface area contributed by atoms with Crippen molar-refractivity contribution in [2.75, 3.05) is 25.1 Å². The van der Waals surface area contributed by atoms with Gasteiger partial charge in [0.15, 0.2) is 11.5 Å². The summed E-state index contributed by atoms with van der Waals surface area (Å²) in [5, 5.41) is 7.22. The number of hydrogen-bond donors (Lipinski definition) is 3. The standard InChI is InChI=1S/C36H35N5O8S2/c1-21(42)48-34(50-2)25-20-51-32-27(38-30(43)26(22-12-6-3-7-13-22)39-36(47)40-19-18-37-35(40)46)31(44)41(32)28(25)33(45)49-29(23-14-8-4-9-15-23)24-16-10-5-11-17-24/h3-17,26-27,29,32,34H,18-20H2,1-2H3,(H,37,46)(H,38,43)(H,39,47)/t26?,27-,32-,34?/m1/s1. The van der Waals surface area contributed by atoms with Crippen LogP contribution in [0, 0.1) is 0 Å². The molecule has 4 atom stereocenters. The van der Waals surface area contributed by atoms with Crippen LogP contribution in [0.1, 0.15) is 35.8 Å². The molecule has 0 spiro atoms. The van der Waals surface area contributed by atoms with Gasteiger partial charge in [0.05, 0.1) is 0 Å². The summed E-state index contributed by atoms with van der Waals surface area (Å²) in [6.45, 7) is 1.68. The predicted molar refractivity (Wildman–Crippen MR) is 190 cm³/mol. The van der Waals surface area contributed by atoms with E-state index >= 15 is 0 Å². The highest BCUT2D eigenvalue weighted by Crippen LogP contribution is 2.44. The molecule has 51 heavy (non-hydrogen) atoms. The van der Waals surface area contributed by atoms with Gasteiger partial charge in [-0.05, 0) is 22.9 Å². The van der Waals surface area contributed by atoms with Gasteiger partial charge in [-0.2, -0.15) is 0 Å². The third-order valence-corrected chi connectivity index (χ3v) is 10.6. The fourth-order valence-electron chi connectivity index (χ4n) is 6.02. The molecule has 0 radical (unpaired) electrons. The van der Waals surface area contributed by atoms with Crippen LogP contribution in [-0.2, 0) is 28.7 Å². The number of nitrogens with zero attached hydrogens (tertiary/aromatic N) is 2. The van der Waals surface area contributed by atoms with E-state index in [-0.39, 0.29) is 24.5 Å². The summed E-state index contributed by atoms with van der Waals surface area (Å²) in [4.78, 5) is 81.6. The molecule has 13 nitrogen and oxygen atoms in total. The smallest absolute Gasteiger partial charge is 0.356 e. The number of carbonyl (C=O) groups excluding carboxylic acids is 6. The minimum atomic E-state index is -1.24. The zero-order valence-electron chi connectivity index (χ0n) is 27.6. The maximum atomic E-state index is 14.3. The first-order valence-corrected chi connectivity index (χ1v) is 18.4. The maximum Gasteiger partial charge on any atom is 0.356 e. The topological polar surface area (TPSA) is 163 Å². The second kappa shape index (κ2) is 15.7. The van der Waals surface area contributed by atoms with Crippen LogP contribution in [0.25, 0.3) is 0 Å². The molecule has 0 aromatic heterocycles. The van der Waals surface area contributed by atoms with E-state index in [9.17, 15) is 28.8 Å². The van der Waals surface area contributed by atoms with E-state index in [4.69, 9.17) is 9.47 Å². The van der Waals surface area contributed by atoms with Gasteiger partial charge in [-0.25, -0.2) is 19.3 Å². The van der Waals surface area contributed by atoms with Crippen LogP contribution in [0.15, 0.2) is 102 Å². The van der Waals surface area contributed by atoms with Gasteiger partial charge < -0.3 is 25.4 Å². The van der Waals surface area contributed by atoms with E-state index in [0.717, 1.165) is 4.90 Å². The Bertz CT molecular complexity index is 1810. The van der Waals surface area contributed by atoms with Gasteiger partial charge >= 0.3 is 24.0 Å². The Hall–Kier alpha value is -5.28. The molecular weight excluding hydrogens is 695 g/mol. The molecule has 0 aliphatic carbocycles. The summed E-state index contributed by atoms with van der Waals surface area (Å²) < 4.78 is 11.7. The molecule has 6 amide bonds. The van der Waals surface area contributed by atoms with E-state index < -0.39 is 64.8 Å². The lowest BCUT2D eigenvalue weighted by Crippen LogP contribution is -2.71. The summed E-state index contributed by atoms with van der Waals surface area (Å²) in [6.07, 6.45) is 0.907. The SMILES string of the molecule is CSC(OC(C)=O)C1=C(C(=O)OC(c2ccccc2)c2ccccc2)N2C(=O)[C@@H](NC(=O)C(NC(=O)N3CCNC3=O)c3ccccc3)[C@H]2SC1. The summed E-state index contributed by atoms with van der Waals surface area (Å²) in [5.41, 5.74) is 1.31. The van der Waals surface area contributed by atoms with Gasteiger partial charge in [0, 0.05) is 31.3 Å². The lowest BCUT2D eigenvalue weighted by molar-refractivity contribution is -0.155. The summed E-state index contributed by atoms with van der Waals surface area (Å²) in [7, 11) is 0. The number of urea groups is 2. The molecule has 3 N–H and O–H groups in total. The fraction of sp³-hybridized carbons (Fsp3) is 0.278. The van der Waals surface area contributed by atoms with E-state index in [1.54, 1.807) is 36.6 Å². The van der Waals surface area contributed by atoms with Crippen LogP contribution >= 0.6 is 23.5 Å². The lowest BCUT2D eigenvalue weighted by atomic mass is 10.00. The molecule has 2 saturated heterocycles. The largest absolute Gasteiger partial charge is 0.448 e. The minimum absolute atomic E-state index is 0.0559. The minimum Gasteiger partial charge on any atom is -0.448 e. The van der Waals surface area contributed by atoms with Crippen LogP contribution in [0.4, 0.5) is 9.59 Å². The average Bonchev–Trinajstić information content (AvgIpc) is 3.59. The van der Waals surface area contributed by atoms with E-state index in [0.29, 0.717) is 22.3 Å². The van der Waals surface area contributed by atoms with E-state index in [2.05, 4.69) is 16.0 Å². The number of fused-ring (bicyclic) bond motifs is 1. The summed E-state index contributed by atoms with van der Waals surface area (Å²) >= 11 is 2.49. The first kappa shape index (κ1) is 35.5. The molecular formula is C36H35N5O8S2. The van der Waals surface area contributed by atoms with Gasteiger partial charge in [0.1, 0.15) is 23.2 Å². The maximum absolute atomic E-state index is 14.3. The highest BCUT2D eigenvalue weighted by Gasteiger charge is 2.56. The highest BCUT2D eigenvalue weighted by atomic mass is 32.2. The van der Waals surface area contributed by atoms with Gasteiger partial charge in [-0.15, -0.1) is 23.5 Å². The number of hydrogen-bond acceptors (Lipinski definition) is 10. The van der Waals surface area contributed by atoms with Crippen molar-refractivity contribution in [2.24, 2.45) is 0 Å². The van der Waals surface area contributed by atoms with Gasteiger partial charge in [0.25, 0.3) is 5.91 Å². The number of imide groups is 1. The summed E-state index contributed by atoms with van der Waals surface area (Å²) in [5.74, 6) is -2.43. The average molecular weight is 730 g/mol. The van der Waals surface area contributed by atoms with Crippen LogP contribution in [-0.4, -0.2) is 87.6 Å². The van der Waals surface area contributed by atoms with Crippen LogP contribution in [0.5, 0.6) is 0 Å². The first-order chi connectivity index (χ1) is 24.7. The Morgan fingerprint density at radius 2 is 1.47 bits per heavy atom. The van der Waals surface area contributed by atoms with Crippen molar-refractivity contribution < 1.29 is 38.2 Å². The number of ether oxygens (including phenoxy) is 2. The number of esters is 2. The third-order valence-electron chi connectivity index (χ3n) is 8.45. The van der Waals surface area contributed by atoms with E-state index in [1.165, 1.54) is 35.3 Å². The Morgan fingerprint density at radius 3 is 2.00 bits per heavy atom. The fourth-order valence-corrected chi connectivity index (χ4v) is 8.21. The Labute approximate surface area is 302 Å². The van der Waals surface area contributed by atoms with Crippen molar-refractivity contribution in [2.45, 2.75) is 35.9 Å². The highest BCUT2D eigenvalue weighted by molar-refractivity contribution is 8.01. The number of rotatable bonds is 11. The molecule has 3 aliphatic rings. The molecule has 264 valence electrons. The van der Waals surface area contributed by atoms with Gasteiger partial charge in [0.2, 0.25) is 5.91 Å². The number of thioether (sulfide) groups is 2. The molecule has 15 heteroatoms. The summed E-state index contributed by atoms with van der Waals surface area (Å²) in [6, 6.07) is 23.2. The molecule has 3 aromatic rings. The van der Waals surface area contributed by atoms with Gasteiger partial charge in [-0.3, -0.25) is 19.3 Å². The molecule has 2 unspecified atom stereocenters. The lowest BCUT2D eigenvalue weighted by Gasteiger charge is -2.50. The Morgan fingerprint density at radius 1 is 0.882 bits per heavy atom. The quantitative estimate of drug-likeness (QED) is 0.151. The second-order valence-corrected chi connectivity index (χ2v) is 13.7. The number of β-lactam (4-membered cyclic amide) rings is 1. The first-order valence-electron chi connectivity index (χ1n) is 16.1.